The average Bonchev–Trinajstić information content (AvgIpc) is 2.83. The van der Waals surface area contributed by atoms with Crippen molar-refractivity contribution in [3.05, 3.63) is 41.0 Å². The second-order valence-corrected chi connectivity index (χ2v) is 4.92. The molecule has 3 rings (SSSR count). The normalized spacial score (nSPS) is 10.7. The van der Waals surface area contributed by atoms with Gasteiger partial charge in [0.15, 0.2) is 0 Å². The lowest BCUT2D eigenvalue weighted by Crippen LogP contribution is -1.91. The second kappa shape index (κ2) is 4.44. The number of nitrogens with zero attached hydrogens (tertiary/aromatic N) is 2. The van der Waals surface area contributed by atoms with Gasteiger partial charge in [-0.05, 0) is 23.6 Å². The van der Waals surface area contributed by atoms with Crippen LogP contribution in [0.5, 0.6) is 11.6 Å². The summed E-state index contributed by atoms with van der Waals surface area (Å²) in [5, 5.41) is 2.41. The van der Waals surface area contributed by atoms with Crippen molar-refractivity contribution >= 4 is 38.8 Å². The standard InChI is InChI=1S/C12H8ClN3OS/c13-8-5-7(1-2-9(8)14)17-12-11-10(3-4-18-11)15-6-16-12/h1-6H,14H2. The van der Waals surface area contributed by atoms with E-state index in [1.54, 1.807) is 18.2 Å². The van der Waals surface area contributed by atoms with Gasteiger partial charge in [0.05, 0.1) is 16.2 Å². The fraction of sp³-hybridized carbons (Fsp3) is 0. The summed E-state index contributed by atoms with van der Waals surface area (Å²) in [5.41, 5.74) is 7.03. The van der Waals surface area contributed by atoms with E-state index in [9.17, 15) is 0 Å². The summed E-state index contributed by atoms with van der Waals surface area (Å²) in [6.07, 6.45) is 1.48. The van der Waals surface area contributed by atoms with Gasteiger partial charge in [0, 0.05) is 6.07 Å². The van der Waals surface area contributed by atoms with E-state index in [1.807, 2.05) is 11.4 Å². The number of aromatic nitrogens is 2. The predicted molar refractivity (Wildman–Crippen MR) is 73.4 cm³/mol. The van der Waals surface area contributed by atoms with Crippen molar-refractivity contribution in [3.8, 4) is 11.6 Å². The van der Waals surface area contributed by atoms with Crippen molar-refractivity contribution in [3.63, 3.8) is 0 Å². The third kappa shape index (κ3) is 1.98. The number of thiophene rings is 1. The Labute approximate surface area is 112 Å². The first kappa shape index (κ1) is 11.3. The predicted octanol–water partition coefficient (Wildman–Crippen LogP) is 3.72. The Bertz CT molecular complexity index is 713. The fourth-order valence-electron chi connectivity index (χ4n) is 1.52. The first-order valence-corrected chi connectivity index (χ1v) is 6.41. The number of halogens is 1. The molecular weight excluding hydrogens is 270 g/mol. The molecule has 0 fully saturated rings. The zero-order chi connectivity index (χ0) is 12.5. The number of hydrogen-bond acceptors (Lipinski definition) is 5. The summed E-state index contributed by atoms with van der Waals surface area (Å²) >= 11 is 7.47. The molecule has 0 aliphatic rings. The van der Waals surface area contributed by atoms with E-state index in [0.717, 1.165) is 10.2 Å². The molecule has 0 bridgehead atoms. The Morgan fingerprint density at radius 1 is 1.22 bits per heavy atom. The molecule has 1 aromatic carbocycles. The molecule has 0 spiro atoms. The minimum atomic E-state index is 0.462. The van der Waals surface area contributed by atoms with Crippen LogP contribution in [0.4, 0.5) is 5.69 Å². The molecular formula is C12H8ClN3OS. The van der Waals surface area contributed by atoms with Crippen molar-refractivity contribution in [2.45, 2.75) is 0 Å². The van der Waals surface area contributed by atoms with Gasteiger partial charge >= 0.3 is 0 Å². The SMILES string of the molecule is Nc1ccc(Oc2ncnc3ccsc23)cc1Cl. The zero-order valence-corrected chi connectivity index (χ0v) is 10.7. The topological polar surface area (TPSA) is 61.0 Å². The Kier molecular flexibility index (Phi) is 2.77. The van der Waals surface area contributed by atoms with Gasteiger partial charge in [-0.15, -0.1) is 11.3 Å². The summed E-state index contributed by atoms with van der Waals surface area (Å²) < 4.78 is 6.61. The number of nitrogens with two attached hydrogens (primary N) is 1. The maximum atomic E-state index is 5.94. The van der Waals surface area contributed by atoms with Crippen LogP contribution < -0.4 is 10.5 Å². The largest absolute Gasteiger partial charge is 0.437 e. The third-order valence-corrected chi connectivity index (χ3v) is 3.62. The molecule has 0 amide bonds. The molecule has 6 heteroatoms. The van der Waals surface area contributed by atoms with Crippen LogP contribution in [0, 0.1) is 0 Å². The highest BCUT2D eigenvalue weighted by Gasteiger charge is 2.08. The van der Waals surface area contributed by atoms with Gasteiger partial charge in [0.2, 0.25) is 5.88 Å². The van der Waals surface area contributed by atoms with Crippen molar-refractivity contribution in [1.82, 2.24) is 9.97 Å². The van der Waals surface area contributed by atoms with Gasteiger partial charge in [-0.1, -0.05) is 11.6 Å². The molecule has 2 heterocycles. The number of nitrogen functional groups attached to an aromatic ring is 1. The van der Waals surface area contributed by atoms with Crippen LogP contribution in [-0.4, -0.2) is 9.97 Å². The van der Waals surface area contributed by atoms with Gasteiger partial charge in [-0.3, -0.25) is 0 Å². The smallest absolute Gasteiger partial charge is 0.240 e. The van der Waals surface area contributed by atoms with E-state index in [4.69, 9.17) is 22.1 Å². The highest BCUT2D eigenvalue weighted by Crippen LogP contribution is 2.32. The summed E-state index contributed by atoms with van der Waals surface area (Å²) in [5.74, 6) is 1.12. The van der Waals surface area contributed by atoms with Gasteiger partial charge in [0.25, 0.3) is 0 Å². The van der Waals surface area contributed by atoms with Crippen LogP contribution in [-0.2, 0) is 0 Å². The lowest BCUT2D eigenvalue weighted by molar-refractivity contribution is 0.469. The third-order valence-electron chi connectivity index (χ3n) is 2.40. The van der Waals surface area contributed by atoms with E-state index in [-0.39, 0.29) is 0 Å². The minimum Gasteiger partial charge on any atom is -0.437 e. The van der Waals surface area contributed by atoms with Crippen LogP contribution in [0.1, 0.15) is 0 Å². The number of anilines is 1. The van der Waals surface area contributed by atoms with Crippen molar-refractivity contribution < 1.29 is 4.74 Å². The summed E-state index contributed by atoms with van der Waals surface area (Å²) in [7, 11) is 0. The van der Waals surface area contributed by atoms with Crippen LogP contribution in [0.3, 0.4) is 0 Å². The summed E-state index contributed by atoms with van der Waals surface area (Å²) in [6, 6.07) is 7.04. The van der Waals surface area contributed by atoms with Crippen molar-refractivity contribution in [2.75, 3.05) is 5.73 Å². The quantitative estimate of drug-likeness (QED) is 0.725. The van der Waals surface area contributed by atoms with E-state index in [1.165, 1.54) is 17.7 Å². The van der Waals surface area contributed by atoms with Crippen LogP contribution in [0.25, 0.3) is 10.2 Å². The molecule has 3 aromatic rings. The molecule has 90 valence electrons. The minimum absolute atomic E-state index is 0.462. The monoisotopic (exact) mass is 277 g/mol. The molecule has 0 unspecified atom stereocenters. The zero-order valence-electron chi connectivity index (χ0n) is 9.13. The van der Waals surface area contributed by atoms with Crippen molar-refractivity contribution in [1.29, 1.82) is 0 Å². The van der Waals surface area contributed by atoms with E-state index in [2.05, 4.69) is 9.97 Å². The van der Waals surface area contributed by atoms with Crippen LogP contribution in [0.15, 0.2) is 36.0 Å². The number of ether oxygens (including phenoxy) is 1. The van der Waals surface area contributed by atoms with Crippen LogP contribution >= 0.6 is 22.9 Å². The van der Waals surface area contributed by atoms with E-state index in [0.29, 0.717) is 22.3 Å². The van der Waals surface area contributed by atoms with Gasteiger partial charge < -0.3 is 10.5 Å². The van der Waals surface area contributed by atoms with Gasteiger partial charge in [-0.2, -0.15) is 0 Å². The van der Waals surface area contributed by atoms with Gasteiger partial charge in [-0.25, -0.2) is 9.97 Å². The fourth-order valence-corrected chi connectivity index (χ4v) is 2.46. The molecule has 0 saturated heterocycles. The highest BCUT2D eigenvalue weighted by atomic mass is 35.5. The van der Waals surface area contributed by atoms with Crippen LogP contribution in [0.2, 0.25) is 5.02 Å². The molecule has 2 N–H and O–H groups in total. The average molecular weight is 278 g/mol. The maximum Gasteiger partial charge on any atom is 0.240 e. The molecule has 0 saturated carbocycles. The first-order valence-electron chi connectivity index (χ1n) is 5.15. The second-order valence-electron chi connectivity index (χ2n) is 3.60. The van der Waals surface area contributed by atoms with Crippen molar-refractivity contribution in [2.24, 2.45) is 0 Å². The Hall–Kier alpha value is -1.85. The Balaban J connectivity index is 2.01. The summed E-state index contributed by atoms with van der Waals surface area (Å²) in [4.78, 5) is 8.28. The molecule has 18 heavy (non-hydrogen) atoms. The Morgan fingerprint density at radius 2 is 2.11 bits per heavy atom. The number of hydrogen-bond donors (Lipinski definition) is 1. The number of fused-ring (bicyclic) bond motifs is 1. The molecule has 2 aromatic heterocycles. The molecule has 0 aliphatic carbocycles. The lowest BCUT2D eigenvalue weighted by atomic mass is 10.3. The van der Waals surface area contributed by atoms with Gasteiger partial charge in [0.1, 0.15) is 16.8 Å². The molecule has 0 atom stereocenters. The van der Waals surface area contributed by atoms with E-state index < -0.39 is 0 Å². The number of benzene rings is 1. The molecule has 0 radical (unpaired) electrons. The Morgan fingerprint density at radius 3 is 2.94 bits per heavy atom. The highest BCUT2D eigenvalue weighted by molar-refractivity contribution is 7.17. The molecule has 4 nitrogen and oxygen atoms in total. The maximum absolute atomic E-state index is 5.94. The van der Waals surface area contributed by atoms with E-state index >= 15 is 0 Å². The summed E-state index contributed by atoms with van der Waals surface area (Å²) in [6.45, 7) is 0. The lowest BCUT2D eigenvalue weighted by Gasteiger charge is -2.06. The molecule has 0 aliphatic heterocycles. The first-order chi connectivity index (χ1) is 8.74. The number of rotatable bonds is 2.